The second kappa shape index (κ2) is 17.1. The first-order chi connectivity index (χ1) is 20.3. The van der Waals surface area contributed by atoms with E-state index in [4.69, 9.17) is 19.9 Å². The zero-order valence-corrected chi connectivity index (χ0v) is 27.9. The van der Waals surface area contributed by atoms with Crippen molar-refractivity contribution in [3.8, 4) is 0 Å². The lowest BCUT2D eigenvalue weighted by molar-refractivity contribution is -0.128. The lowest BCUT2D eigenvalue weighted by Gasteiger charge is -2.27. The normalized spacial score (nSPS) is 25.9. The van der Waals surface area contributed by atoms with Crippen molar-refractivity contribution in [3.63, 3.8) is 0 Å². The van der Waals surface area contributed by atoms with E-state index in [0.717, 1.165) is 56.6 Å². The molecule has 43 heavy (non-hydrogen) atoms. The zero-order valence-electron chi connectivity index (χ0n) is 27.9. The third-order valence-electron chi connectivity index (χ3n) is 9.11. The lowest BCUT2D eigenvalue weighted by atomic mass is 9.88. The fourth-order valence-corrected chi connectivity index (χ4v) is 6.65. The van der Waals surface area contributed by atoms with Gasteiger partial charge in [0, 0.05) is 19.6 Å². The highest BCUT2D eigenvalue weighted by Crippen LogP contribution is 2.58. The first-order valence-corrected chi connectivity index (χ1v) is 16.8. The molecular weight excluding hydrogens is 546 g/mol. The average molecular weight is 608 g/mol. The number of nitrogens with one attached hydrogen (secondary N) is 1. The second-order valence-electron chi connectivity index (χ2n) is 15.3. The van der Waals surface area contributed by atoms with Gasteiger partial charge in [0.25, 0.3) is 0 Å². The van der Waals surface area contributed by atoms with Crippen LogP contribution in [0.15, 0.2) is 10.3 Å². The summed E-state index contributed by atoms with van der Waals surface area (Å²) >= 11 is 0. The number of carbonyl (C=O) groups excluding carboxylic acids is 2. The van der Waals surface area contributed by atoms with Crippen LogP contribution in [0.3, 0.4) is 0 Å². The van der Waals surface area contributed by atoms with E-state index >= 15 is 0 Å². The number of fused-ring (bicyclic) bond motifs is 2. The Hall–Kier alpha value is -1.78. The van der Waals surface area contributed by atoms with Crippen LogP contribution in [0.4, 0.5) is 0 Å². The van der Waals surface area contributed by atoms with Gasteiger partial charge in [-0.2, -0.15) is 5.11 Å². The predicted molar refractivity (Wildman–Crippen MR) is 168 cm³/mol. The molecule has 10 nitrogen and oxygen atoms in total. The number of rotatable bonds is 19. The summed E-state index contributed by atoms with van der Waals surface area (Å²) in [5, 5.41) is 14.1. The molecule has 2 saturated carbocycles. The van der Waals surface area contributed by atoms with Crippen LogP contribution in [0.5, 0.6) is 0 Å². The molecule has 3 rings (SSSR count). The summed E-state index contributed by atoms with van der Waals surface area (Å²) in [6, 6.07) is 0.0522. The quantitative estimate of drug-likeness (QED) is 0.192. The van der Waals surface area contributed by atoms with Crippen molar-refractivity contribution in [2.45, 2.75) is 124 Å². The summed E-state index contributed by atoms with van der Waals surface area (Å²) in [5.41, 5.74) is 6.27. The first kappa shape index (κ1) is 35.7. The molecule has 6 atom stereocenters. The van der Waals surface area contributed by atoms with Crippen LogP contribution in [0.2, 0.25) is 0 Å². The zero-order chi connectivity index (χ0) is 31.5. The number of nitrogens with zero attached hydrogens (tertiary/aromatic N) is 3. The minimum absolute atomic E-state index is 0.176. The number of unbranched alkanes of at least 4 members (excludes halogenated alkanes) is 1. The van der Waals surface area contributed by atoms with Gasteiger partial charge < -0.3 is 25.3 Å². The van der Waals surface area contributed by atoms with Crippen LogP contribution in [0.1, 0.15) is 106 Å². The van der Waals surface area contributed by atoms with E-state index in [-0.39, 0.29) is 24.3 Å². The van der Waals surface area contributed by atoms with Gasteiger partial charge in [0.1, 0.15) is 6.04 Å². The van der Waals surface area contributed by atoms with E-state index in [2.05, 4.69) is 62.2 Å². The molecule has 248 valence electrons. The van der Waals surface area contributed by atoms with Gasteiger partial charge in [-0.15, -0.1) is 0 Å². The van der Waals surface area contributed by atoms with E-state index in [1.807, 2.05) is 0 Å². The third-order valence-corrected chi connectivity index (χ3v) is 9.11. The van der Waals surface area contributed by atoms with Gasteiger partial charge in [-0.05, 0) is 86.4 Å². The van der Waals surface area contributed by atoms with Gasteiger partial charge in [-0.1, -0.05) is 46.8 Å². The van der Waals surface area contributed by atoms with E-state index in [0.29, 0.717) is 50.3 Å². The molecule has 0 spiro atoms. The Morgan fingerprint density at radius 2 is 1.49 bits per heavy atom. The molecule has 6 unspecified atom stereocenters. The Labute approximate surface area is 260 Å². The Morgan fingerprint density at radius 1 is 0.860 bits per heavy atom. The number of ether oxygens (including phenoxy) is 3. The Balaban J connectivity index is 1.23. The summed E-state index contributed by atoms with van der Waals surface area (Å²) in [7, 11) is 0. The van der Waals surface area contributed by atoms with Crippen molar-refractivity contribution in [1.82, 2.24) is 10.3 Å². The summed E-state index contributed by atoms with van der Waals surface area (Å²) in [6.07, 6.45) is 9.58. The maximum Gasteiger partial charge on any atom is 0.239 e. The third kappa shape index (κ3) is 13.4. The van der Waals surface area contributed by atoms with E-state index in [1.54, 1.807) is 0 Å². The molecule has 2 fully saturated rings. The molecule has 2 aliphatic carbocycles. The number of hydrogen-bond donors (Lipinski definition) is 2. The van der Waals surface area contributed by atoms with Crippen molar-refractivity contribution in [1.29, 1.82) is 0 Å². The molecule has 1 heterocycles. The van der Waals surface area contributed by atoms with Gasteiger partial charge >= 0.3 is 0 Å². The van der Waals surface area contributed by atoms with Crippen molar-refractivity contribution in [3.05, 3.63) is 0 Å². The summed E-state index contributed by atoms with van der Waals surface area (Å²) < 4.78 is 16.6. The highest BCUT2D eigenvalue weighted by Gasteiger charge is 2.52. The van der Waals surface area contributed by atoms with E-state index in [9.17, 15) is 9.59 Å². The van der Waals surface area contributed by atoms with Crippen molar-refractivity contribution in [2.24, 2.45) is 44.7 Å². The smallest absolute Gasteiger partial charge is 0.239 e. The Kier molecular flexibility index (Phi) is 14.2. The monoisotopic (exact) mass is 607 g/mol. The van der Waals surface area contributed by atoms with E-state index in [1.165, 1.54) is 25.7 Å². The van der Waals surface area contributed by atoms with Crippen LogP contribution in [0, 0.1) is 28.6 Å². The molecule has 10 heteroatoms. The van der Waals surface area contributed by atoms with Gasteiger partial charge in [0.2, 0.25) is 11.8 Å². The lowest BCUT2D eigenvalue weighted by Crippen LogP contribution is -2.44. The van der Waals surface area contributed by atoms with Crippen LogP contribution < -0.4 is 11.1 Å². The number of hydrogen-bond acceptors (Lipinski definition) is 8. The second-order valence-corrected chi connectivity index (χ2v) is 15.3. The van der Waals surface area contributed by atoms with Crippen LogP contribution >= 0.6 is 0 Å². The standard InChI is InChI=1S/C33H61N5O5/c1-32(2,3)15-18-42-20-22-43-21-19-41-17-14-30(39)35-28(31(34)40)9-7-8-16-38-29-13-11-25-24(10-12-27(29)36-37-38)26(25)23-33(4,5)6/h24-29H,7-23H2,1-6H3,(H2,34,40)(H,35,39). The van der Waals surface area contributed by atoms with Crippen LogP contribution in [-0.2, 0) is 23.8 Å². The average Bonchev–Trinajstić information content (AvgIpc) is 3.36. The Bertz CT molecular complexity index is 886. The van der Waals surface area contributed by atoms with Crippen LogP contribution in [0.25, 0.3) is 0 Å². The fourth-order valence-electron chi connectivity index (χ4n) is 6.65. The molecule has 3 aliphatic rings. The summed E-state index contributed by atoms with van der Waals surface area (Å²) in [5.74, 6) is 1.94. The molecule has 1 aliphatic heterocycles. The van der Waals surface area contributed by atoms with Gasteiger partial charge in [-0.3, -0.25) is 14.6 Å². The highest BCUT2D eigenvalue weighted by molar-refractivity contribution is 5.86. The van der Waals surface area contributed by atoms with Crippen molar-refractivity contribution < 1.29 is 23.8 Å². The fraction of sp³-hybridized carbons (Fsp3) is 0.939. The van der Waals surface area contributed by atoms with Crippen LogP contribution in [-0.4, -0.2) is 81.1 Å². The molecule has 0 radical (unpaired) electrons. The number of primary amides is 1. The maximum atomic E-state index is 12.4. The minimum Gasteiger partial charge on any atom is -0.379 e. The molecule has 2 amide bonds. The largest absolute Gasteiger partial charge is 0.379 e. The maximum absolute atomic E-state index is 12.4. The molecule has 0 bridgehead atoms. The number of amides is 2. The highest BCUT2D eigenvalue weighted by atomic mass is 16.5. The van der Waals surface area contributed by atoms with Gasteiger partial charge in [0.15, 0.2) is 0 Å². The summed E-state index contributed by atoms with van der Waals surface area (Å²) in [4.78, 5) is 24.4. The minimum atomic E-state index is -0.671. The molecule has 0 saturated heterocycles. The molecule has 3 N–H and O–H groups in total. The topological polar surface area (TPSA) is 128 Å². The molecular formula is C33H61N5O5. The number of nitrogens with two attached hydrogens (primary N) is 1. The first-order valence-electron chi connectivity index (χ1n) is 16.8. The number of carbonyl (C=O) groups is 2. The molecule has 0 aromatic heterocycles. The van der Waals surface area contributed by atoms with Gasteiger partial charge in [-0.25, -0.2) is 0 Å². The van der Waals surface area contributed by atoms with Crippen molar-refractivity contribution >= 4 is 11.8 Å². The SMILES string of the molecule is CC(C)(C)CCOCCOCCOCCC(=O)NC(CCCCN1N=NC2CCC3C(CCC21)C3CC(C)(C)C)C(N)=O. The van der Waals surface area contributed by atoms with Crippen molar-refractivity contribution in [2.75, 3.05) is 46.2 Å². The molecule has 0 aromatic carbocycles. The predicted octanol–water partition coefficient (Wildman–Crippen LogP) is 5.30. The molecule has 0 aromatic rings. The summed E-state index contributed by atoms with van der Waals surface area (Å²) in [6.45, 7) is 17.4. The Morgan fingerprint density at radius 3 is 2.12 bits per heavy atom. The van der Waals surface area contributed by atoms with Gasteiger partial charge in [0.05, 0.1) is 45.1 Å². The van der Waals surface area contributed by atoms with E-state index < -0.39 is 11.9 Å².